The van der Waals surface area contributed by atoms with Gasteiger partial charge in [0.15, 0.2) is 5.82 Å². The number of hydrogen-bond donors (Lipinski definition) is 2. The average Bonchev–Trinajstić information content (AvgIpc) is 2.30. The standard InChI is InChI=1S/C12H20N4O/c1-4-17-10-5-9(12(10,2)3)16-11-8(13)6-14-7-15-11/h6-7,9-10H,4-5,13H2,1-3H3,(H,14,15,16). The summed E-state index contributed by atoms with van der Waals surface area (Å²) in [6, 6.07) is 0.344. The van der Waals surface area contributed by atoms with Crippen molar-refractivity contribution in [2.45, 2.75) is 39.3 Å². The van der Waals surface area contributed by atoms with Crippen LogP contribution in [0.5, 0.6) is 0 Å². The van der Waals surface area contributed by atoms with Crippen molar-refractivity contribution < 1.29 is 4.74 Å². The lowest BCUT2D eigenvalue weighted by Gasteiger charge is -2.51. The van der Waals surface area contributed by atoms with Crippen molar-refractivity contribution in [3.8, 4) is 0 Å². The Bertz CT molecular complexity index is 394. The molecule has 0 spiro atoms. The molecule has 0 radical (unpaired) electrons. The van der Waals surface area contributed by atoms with Gasteiger partial charge < -0.3 is 15.8 Å². The second kappa shape index (κ2) is 4.49. The Hall–Kier alpha value is -1.36. The van der Waals surface area contributed by atoms with Crippen molar-refractivity contribution in [3.63, 3.8) is 0 Å². The lowest BCUT2D eigenvalue weighted by molar-refractivity contribution is -0.0976. The molecular formula is C12H20N4O. The van der Waals surface area contributed by atoms with E-state index in [-0.39, 0.29) is 5.41 Å². The van der Waals surface area contributed by atoms with Crippen molar-refractivity contribution in [2.24, 2.45) is 5.41 Å². The maximum absolute atomic E-state index is 5.81. The molecule has 0 aromatic carbocycles. The number of nitrogens with two attached hydrogens (primary N) is 1. The number of rotatable bonds is 4. The molecule has 0 amide bonds. The molecule has 0 bridgehead atoms. The second-order valence-corrected chi connectivity index (χ2v) is 5.02. The van der Waals surface area contributed by atoms with Gasteiger partial charge in [0.25, 0.3) is 0 Å². The molecule has 3 N–H and O–H groups in total. The van der Waals surface area contributed by atoms with E-state index in [1.807, 2.05) is 6.92 Å². The Morgan fingerprint density at radius 1 is 1.59 bits per heavy atom. The summed E-state index contributed by atoms with van der Waals surface area (Å²) in [5.74, 6) is 0.716. The van der Waals surface area contributed by atoms with Gasteiger partial charge in [-0.3, -0.25) is 0 Å². The van der Waals surface area contributed by atoms with Crippen LogP contribution >= 0.6 is 0 Å². The molecule has 0 aliphatic heterocycles. The van der Waals surface area contributed by atoms with Gasteiger partial charge in [0.05, 0.1) is 18.0 Å². The van der Waals surface area contributed by atoms with Crippen LogP contribution in [0, 0.1) is 5.41 Å². The largest absolute Gasteiger partial charge is 0.394 e. The summed E-state index contributed by atoms with van der Waals surface area (Å²) in [5, 5.41) is 3.37. The number of aromatic nitrogens is 2. The molecular weight excluding hydrogens is 216 g/mol. The van der Waals surface area contributed by atoms with E-state index in [0.29, 0.717) is 23.7 Å². The Morgan fingerprint density at radius 3 is 2.94 bits per heavy atom. The normalized spacial score (nSPS) is 26.3. The molecule has 1 saturated carbocycles. The third-order valence-electron chi connectivity index (χ3n) is 3.60. The highest BCUT2D eigenvalue weighted by molar-refractivity contribution is 5.59. The van der Waals surface area contributed by atoms with E-state index in [1.54, 1.807) is 6.20 Å². The first-order valence-corrected chi connectivity index (χ1v) is 5.99. The highest BCUT2D eigenvalue weighted by atomic mass is 16.5. The van der Waals surface area contributed by atoms with Crippen LogP contribution in [0.15, 0.2) is 12.5 Å². The summed E-state index contributed by atoms with van der Waals surface area (Å²) in [4.78, 5) is 8.02. The third kappa shape index (κ3) is 2.20. The van der Waals surface area contributed by atoms with Gasteiger partial charge in [0.2, 0.25) is 0 Å². The van der Waals surface area contributed by atoms with Crippen LogP contribution in [0.2, 0.25) is 0 Å². The van der Waals surface area contributed by atoms with Crippen LogP contribution in [-0.4, -0.2) is 28.7 Å². The maximum Gasteiger partial charge on any atom is 0.152 e. The predicted molar refractivity (Wildman–Crippen MR) is 67.7 cm³/mol. The summed E-state index contributed by atoms with van der Waals surface area (Å²) in [7, 11) is 0. The van der Waals surface area contributed by atoms with E-state index >= 15 is 0 Å². The molecule has 5 heteroatoms. The molecule has 2 unspecified atom stereocenters. The number of nitrogens with one attached hydrogen (secondary N) is 1. The Kier molecular flexibility index (Phi) is 3.19. The van der Waals surface area contributed by atoms with Crippen LogP contribution < -0.4 is 11.1 Å². The maximum atomic E-state index is 5.81. The van der Waals surface area contributed by atoms with Crippen molar-refractivity contribution in [1.82, 2.24) is 9.97 Å². The van der Waals surface area contributed by atoms with Gasteiger partial charge in [-0.2, -0.15) is 0 Å². The molecule has 1 aromatic rings. The fourth-order valence-electron chi connectivity index (χ4n) is 2.24. The molecule has 1 heterocycles. The van der Waals surface area contributed by atoms with Crippen LogP contribution in [0.25, 0.3) is 0 Å². The number of ether oxygens (including phenoxy) is 1. The highest BCUT2D eigenvalue weighted by Gasteiger charge is 2.49. The number of hydrogen-bond acceptors (Lipinski definition) is 5. The zero-order chi connectivity index (χ0) is 12.5. The first-order chi connectivity index (χ1) is 8.05. The van der Waals surface area contributed by atoms with E-state index < -0.39 is 0 Å². The topological polar surface area (TPSA) is 73.1 Å². The summed E-state index contributed by atoms with van der Waals surface area (Å²) in [5.41, 5.74) is 6.50. The van der Waals surface area contributed by atoms with Gasteiger partial charge in [-0.1, -0.05) is 13.8 Å². The van der Waals surface area contributed by atoms with Gasteiger partial charge in [-0.25, -0.2) is 9.97 Å². The molecule has 2 rings (SSSR count). The molecule has 5 nitrogen and oxygen atoms in total. The van der Waals surface area contributed by atoms with Crippen molar-refractivity contribution in [2.75, 3.05) is 17.7 Å². The average molecular weight is 236 g/mol. The van der Waals surface area contributed by atoms with Crippen LogP contribution in [0.1, 0.15) is 27.2 Å². The molecule has 94 valence electrons. The quantitative estimate of drug-likeness (QED) is 0.832. The van der Waals surface area contributed by atoms with Crippen molar-refractivity contribution in [1.29, 1.82) is 0 Å². The van der Waals surface area contributed by atoms with Gasteiger partial charge in [-0.05, 0) is 13.3 Å². The van der Waals surface area contributed by atoms with Gasteiger partial charge in [0, 0.05) is 18.1 Å². The lowest BCUT2D eigenvalue weighted by Crippen LogP contribution is -2.58. The first kappa shape index (κ1) is 12.1. The molecule has 0 saturated heterocycles. The second-order valence-electron chi connectivity index (χ2n) is 5.02. The summed E-state index contributed by atoms with van der Waals surface area (Å²) >= 11 is 0. The van der Waals surface area contributed by atoms with E-state index in [9.17, 15) is 0 Å². The van der Waals surface area contributed by atoms with E-state index in [2.05, 4.69) is 29.1 Å². The van der Waals surface area contributed by atoms with Gasteiger partial charge in [0.1, 0.15) is 6.33 Å². The van der Waals surface area contributed by atoms with Crippen LogP contribution in [-0.2, 0) is 4.74 Å². The monoisotopic (exact) mass is 236 g/mol. The Labute approximate surface area is 102 Å². The molecule has 1 fully saturated rings. The van der Waals surface area contributed by atoms with E-state index in [0.717, 1.165) is 13.0 Å². The molecule has 1 aromatic heterocycles. The van der Waals surface area contributed by atoms with Gasteiger partial charge in [-0.15, -0.1) is 0 Å². The molecule has 17 heavy (non-hydrogen) atoms. The minimum Gasteiger partial charge on any atom is -0.394 e. The summed E-state index contributed by atoms with van der Waals surface area (Å²) < 4.78 is 5.69. The van der Waals surface area contributed by atoms with Gasteiger partial charge >= 0.3 is 0 Å². The minimum atomic E-state index is 0.105. The highest BCUT2D eigenvalue weighted by Crippen LogP contribution is 2.44. The fourth-order valence-corrected chi connectivity index (χ4v) is 2.24. The zero-order valence-corrected chi connectivity index (χ0v) is 10.6. The van der Waals surface area contributed by atoms with E-state index in [4.69, 9.17) is 10.5 Å². The Morgan fingerprint density at radius 2 is 2.35 bits per heavy atom. The van der Waals surface area contributed by atoms with Crippen molar-refractivity contribution >= 4 is 11.5 Å². The van der Waals surface area contributed by atoms with E-state index in [1.165, 1.54) is 6.33 Å². The molecule has 2 atom stereocenters. The number of anilines is 2. The molecule has 1 aliphatic rings. The number of nitrogen functional groups attached to an aromatic ring is 1. The molecule has 1 aliphatic carbocycles. The zero-order valence-electron chi connectivity index (χ0n) is 10.6. The summed E-state index contributed by atoms with van der Waals surface area (Å²) in [6.07, 6.45) is 4.42. The van der Waals surface area contributed by atoms with Crippen LogP contribution in [0.4, 0.5) is 11.5 Å². The van der Waals surface area contributed by atoms with Crippen LogP contribution in [0.3, 0.4) is 0 Å². The first-order valence-electron chi connectivity index (χ1n) is 5.99. The predicted octanol–water partition coefficient (Wildman–Crippen LogP) is 1.67. The fraction of sp³-hybridized carbons (Fsp3) is 0.667. The van der Waals surface area contributed by atoms with Crippen molar-refractivity contribution in [3.05, 3.63) is 12.5 Å². The third-order valence-corrected chi connectivity index (χ3v) is 3.60. The smallest absolute Gasteiger partial charge is 0.152 e. The number of nitrogens with zero attached hydrogens (tertiary/aromatic N) is 2. The lowest BCUT2D eigenvalue weighted by atomic mass is 9.64. The summed E-state index contributed by atoms with van der Waals surface area (Å²) in [6.45, 7) is 7.19. The Balaban J connectivity index is 2.01. The minimum absolute atomic E-state index is 0.105. The SMILES string of the molecule is CCOC1CC(Nc2ncncc2N)C1(C)C.